The summed E-state index contributed by atoms with van der Waals surface area (Å²) in [5.74, 6) is 0.976. The number of carbonyl (C=O) groups excluding carboxylic acids is 1. The van der Waals surface area contributed by atoms with Crippen LogP contribution < -0.4 is 10.1 Å². The molecule has 0 saturated carbocycles. The second kappa shape index (κ2) is 10.0. The number of rotatable bonds is 4. The Morgan fingerprint density at radius 1 is 1.06 bits per heavy atom. The predicted octanol–water partition coefficient (Wildman–Crippen LogP) is 4.85. The van der Waals surface area contributed by atoms with Crippen molar-refractivity contribution >= 4 is 11.5 Å². The summed E-state index contributed by atoms with van der Waals surface area (Å²) in [5.41, 5.74) is 3.45. The van der Waals surface area contributed by atoms with Crippen molar-refractivity contribution in [3.8, 4) is 11.5 Å². The number of aromatic hydroxyl groups is 1. The van der Waals surface area contributed by atoms with Crippen molar-refractivity contribution in [2.45, 2.75) is 46.1 Å². The van der Waals surface area contributed by atoms with Gasteiger partial charge in [-0.3, -0.25) is 4.79 Å². The average molecular weight is 423 g/mol. The summed E-state index contributed by atoms with van der Waals surface area (Å²) < 4.78 is 6.38. The lowest BCUT2D eigenvalue weighted by atomic mass is 9.83. The van der Waals surface area contributed by atoms with Crippen molar-refractivity contribution < 1.29 is 14.6 Å². The highest BCUT2D eigenvalue weighted by Gasteiger charge is 2.37. The molecule has 0 radical (unpaired) electrons. The minimum atomic E-state index is -0.364. The lowest BCUT2D eigenvalue weighted by Crippen LogP contribution is -2.46. The first kappa shape index (κ1) is 22.9. The van der Waals surface area contributed by atoms with Crippen LogP contribution >= 0.6 is 0 Å². The number of amides is 1. The third-order valence-electron chi connectivity index (χ3n) is 5.92. The van der Waals surface area contributed by atoms with Crippen molar-refractivity contribution in [3.63, 3.8) is 0 Å². The quantitative estimate of drug-likeness (QED) is 0.740. The highest BCUT2D eigenvalue weighted by molar-refractivity contribution is 5.95. The van der Waals surface area contributed by atoms with Gasteiger partial charge in [0.1, 0.15) is 17.1 Å². The highest BCUT2D eigenvalue weighted by Crippen LogP contribution is 2.43. The molecular weight excluding hydrogens is 388 g/mol. The fraction of sp³-hybridized carbons (Fsp3) is 0.423. The molecule has 0 atom stereocenters. The SMILES string of the molecule is CC.CCN(CC)C(=O)c1ccc(C2=CC3(CCNCC3)Oc3cc(O)ccc32)cc1. The van der Waals surface area contributed by atoms with Crippen LogP contribution in [-0.4, -0.2) is 47.7 Å². The molecule has 1 amide bonds. The molecule has 5 nitrogen and oxygen atoms in total. The molecule has 2 N–H and O–H groups in total. The fourth-order valence-electron chi connectivity index (χ4n) is 4.23. The average Bonchev–Trinajstić information content (AvgIpc) is 2.81. The molecule has 0 aliphatic carbocycles. The molecule has 0 bridgehead atoms. The van der Waals surface area contributed by atoms with E-state index in [1.807, 2.05) is 62.9 Å². The first-order chi connectivity index (χ1) is 15.0. The molecule has 2 aromatic carbocycles. The molecule has 1 spiro atoms. The molecule has 1 fully saturated rings. The molecule has 0 aromatic heterocycles. The molecule has 31 heavy (non-hydrogen) atoms. The smallest absolute Gasteiger partial charge is 0.253 e. The zero-order valence-electron chi connectivity index (χ0n) is 19.1. The van der Waals surface area contributed by atoms with E-state index in [-0.39, 0.29) is 17.3 Å². The predicted molar refractivity (Wildman–Crippen MR) is 126 cm³/mol. The zero-order chi connectivity index (χ0) is 22.4. The Hall–Kier alpha value is -2.79. The van der Waals surface area contributed by atoms with Gasteiger partial charge in [-0.25, -0.2) is 0 Å². The van der Waals surface area contributed by atoms with Gasteiger partial charge in [0, 0.05) is 43.1 Å². The first-order valence-electron chi connectivity index (χ1n) is 11.4. The summed E-state index contributed by atoms with van der Waals surface area (Å²) in [6.07, 6.45) is 3.99. The molecule has 4 rings (SSSR count). The monoisotopic (exact) mass is 422 g/mol. The minimum absolute atomic E-state index is 0.0580. The van der Waals surface area contributed by atoms with Gasteiger partial charge in [-0.2, -0.15) is 0 Å². The Morgan fingerprint density at radius 3 is 2.32 bits per heavy atom. The third kappa shape index (κ3) is 4.77. The number of phenols is 1. The van der Waals surface area contributed by atoms with Crippen molar-refractivity contribution in [2.24, 2.45) is 0 Å². The summed E-state index contributed by atoms with van der Waals surface area (Å²) >= 11 is 0. The Morgan fingerprint density at radius 2 is 1.71 bits per heavy atom. The van der Waals surface area contributed by atoms with Crippen LogP contribution in [0.1, 0.15) is 62.0 Å². The van der Waals surface area contributed by atoms with Crippen molar-refractivity contribution in [3.05, 3.63) is 65.2 Å². The number of nitrogens with one attached hydrogen (secondary N) is 1. The van der Waals surface area contributed by atoms with E-state index in [9.17, 15) is 9.90 Å². The van der Waals surface area contributed by atoms with Crippen molar-refractivity contribution in [1.29, 1.82) is 0 Å². The van der Waals surface area contributed by atoms with E-state index < -0.39 is 0 Å². The zero-order valence-corrected chi connectivity index (χ0v) is 19.1. The molecule has 2 aliphatic heterocycles. The number of piperidine rings is 1. The summed E-state index contributed by atoms with van der Waals surface area (Å²) in [6, 6.07) is 13.1. The van der Waals surface area contributed by atoms with Gasteiger partial charge < -0.3 is 20.1 Å². The molecule has 2 aromatic rings. The maximum Gasteiger partial charge on any atom is 0.253 e. The third-order valence-corrected chi connectivity index (χ3v) is 5.92. The largest absolute Gasteiger partial charge is 0.508 e. The lowest BCUT2D eigenvalue weighted by Gasteiger charge is -2.40. The normalized spacial score (nSPS) is 16.3. The van der Waals surface area contributed by atoms with Gasteiger partial charge in [0.15, 0.2) is 0 Å². The molecule has 5 heteroatoms. The Balaban J connectivity index is 0.00000132. The van der Waals surface area contributed by atoms with Crippen LogP contribution in [0, 0.1) is 0 Å². The number of fused-ring (bicyclic) bond motifs is 1. The number of ether oxygens (including phenoxy) is 1. The maximum absolute atomic E-state index is 12.6. The van der Waals surface area contributed by atoms with E-state index in [2.05, 4.69) is 11.4 Å². The van der Waals surface area contributed by atoms with Crippen LogP contribution in [0.15, 0.2) is 48.5 Å². The van der Waals surface area contributed by atoms with Gasteiger partial charge in [0.2, 0.25) is 0 Å². The van der Waals surface area contributed by atoms with E-state index in [1.165, 1.54) is 0 Å². The molecule has 2 heterocycles. The van der Waals surface area contributed by atoms with E-state index >= 15 is 0 Å². The van der Waals surface area contributed by atoms with Gasteiger partial charge in [0.05, 0.1) is 0 Å². The van der Waals surface area contributed by atoms with Gasteiger partial charge in [-0.05, 0) is 68.4 Å². The molecule has 2 aliphatic rings. The van der Waals surface area contributed by atoms with Gasteiger partial charge >= 0.3 is 0 Å². The molecule has 166 valence electrons. The summed E-state index contributed by atoms with van der Waals surface area (Å²) in [6.45, 7) is 11.2. The van der Waals surface area contributed by atoms with Crippen LogP contribution in [0.25, 0.3) is 5.57 Å². The maximum atomic E-state index is 12.6. The Kier molecular flexibility index (Phi) is 7.39. The van der Waals surface area contributed by atoms with Gasteiger partial charge in [-0.15, -0.1) is 0 Å². The van der Waals surface area contributed by atoms with E-state index in [1.54, 1.807) is 12.1 Å². The van der Waals surface area contributed by atoms with Crippen molar-refractivity contribution in [1.82, 2.24) is 10.2 Å². The van der Waals surface area contributed by atoms with E-state index in [4.69, 9.17) is 4.74 Å². The number of carbonyl (C=O) groups is 1. The standard InChI is InChI=1S/C24H28N2O3.C2H6/c1-3-26(4-2)23(28)18-7-5-17(6-8-18)21-16-24(11-13-25-14-12-24)29-22-15-19(27)9-10-20(21)22;1-2/h5-10,15-16,25,27H,3-4,11-14H2,1-2H3;1-2H3. The summed E-state index contributed by atoms with van der Waals surface area (Å²) in [5, 5.41) is 13.4. The van der Waals surface area contributed by atoms with Crippen LogP contribution in [0.4, 0.5) is 0 Å². The summed E-state index contributed by atoms with van der Waals surface area (Å²) in [4.78, 5) is 14.5. The van der Waals surface area contributed by atoms with Crippen LogP contribution in [0.3, 0.4) is 0 Å². The van der Waals surface area contributed by atoms with Crippen LogP contribution in [0.2, 0.25) is 0 Å². The highest BCUT2D eigenvalue weighted by atomic mass is 16.5. The van der Waals surface area contributed by atoms with Crippen LogP contribution in [-0.2, 0) is 0 Å². The van der Waals surface area contributed by atoms with Gasteiger partial charge in [-0.1, -0.05) is 26.0 Å². The van der Waals surface area contributed by atoms with Gasteiger partial charge in [0.25, 0.3) is 5.91 Å². The number of nitrogens with zero attached hydrogens (tertiary/aromatic N) is 1. The fourth-order valence-corrected chi connectivity index (χ4v) is 4.23. The lowest BCUT2D eigenvalue weighted by molar-refractivity contribution is 0.0772. The summed E-state index contributed by atoms with van der Waals surface area (Å²) in [7, 11) is 0. The molecule has 0 unspecified atom stereocenters. The number of hydrogen-bond donors (Lipinski definition) is 2. The number of phenolic OH excluding ortho intramolecular Hbond substituents is 1. The number of hydrogen-bond acceptors (Lipinski definition) is 4. The van der Waals surface area contributed by atoms with Crippen molar-refractivity contribution in [2.75, 3.05) is 26.2 Å². The Labute approximate surface area is 185 Å². The number of benzene rings is 2. The van der Waals surface area contributed by atoms with Crippen LogP contribution in [0.5, 0.6) is 11.5 Å². The topological polar surface area (TPSA) is 61.8 Å². The van der Waals surface area contributed by atoms with E-state index in [0.717, 1.165) is 42.6 Å². The minimum Gasteiger partial charge on any atom is -0.508 e. The second-order valence-electron chi connectivity index (χ2n) is 7.71. The Bertz CT molecular complexity index is 924. The first-order valence-corrected chi connectivity index (χ1v) is 11.4. The van der Waals surface area contributed by atoms with E-state index in [0.29, 0.717) is 24.4 Å². The second-order valence-corrected chi connectivity index (χ2v) is 7.71. The molecule has 1 saturated heterocycles. The molecular formula is C26H34N2O3.